The number of aliphatic hydroxyl groups is 1. The Balaban J connectivity index is 2.34. The first-order chi connectivity index (χ1) is 6.79. The zero-order valence-corrected chi connectivity index (χ0v) is 8.42. The van der Waals surface area contributed by atoms with Crippen molar-refractivity contribution in [3.05, 3.63) is 40.6 Å². The predicted molar refractivity (Wildman–Crippen MR) is 60.1 cm³/mol. The Hall–Kier alpha value is -1.32. The normalized spacial score (nSPS) is 10.4. The Bertz CT molecular complexity index is 419. The highest BCUT2D eigenvalue weighted by molar-refractivity contribution is 7.10. The minimum absolute atomic E-state index is 0.111. The molecular weight excluding hydrogens is 194 g/mol. The lowest BCUT2D eigenvalue weighted by molar-refractivity contribution is 0.285. The molecule has 1 heterocycles. The van der Waals surface area contributed by atoms with Gasteiger partial charge in [0.15, 0.2) is 0 Å². The van der Waals surface area contributed by atoms with Gasteiger partial charge in [-0.25, -0.2) is 0 Å². The zero-order chi connectivity index (χ0) is 9.97. The molecule has 0 saturated heterocycles. The van der Waals surface area contributed by atoms with E-state index in [1.807, 2.05) is 35.7 Å². The Kier molecular flexibility index (Phi) is 2.52. The summed E-state index contributed by atoms with van der Waals surface area (Å²) in [6.07, 6.45) is 0. The number of thiophene rings is 1. The third-order valence-electron chi connectivity index (χ3n) is 2.05. The van der Waals surface area contributed by atoms with Gasteiger partial charge in [-0.2, -0.15) is 0 Å². The predicted octanol–water partition coefficient (Wildman–Crippen LogP) is 2.49. The van der Waals surface area contributed by atoms with Crippen molar-refractivity contribution >= 4 is 17.0 Å². The van der Waals surface area contributed by atoms with Gasteiger partial charge < -0.3 is 10.8 Å². The van der Waals surface area contributed by atoms with Crippen LogP contribution in [0.4, 0.5) is 5.69 Å². The van der Waals surface area contributed by atoms with Gasteiger partial charge in [0.25, 0.3) is 0 Å². The summed E-state index contributed by atoms with van der Waals surface area (Å²) >= 11 is 1.57. The van der Waals surface area contributed by atoms with E-state index in [1.165, 1.54) is 0 Å². The van der Waals surface area contributed by atoms with Crippen molar-refractivity contribution in [2.45, 2.75) is 6.61 Å². The van der Waals surface area contributed by atoms with Gasteiger partial charge in [0.1, 0.15) is 0 Å². The van der Waals surface area contributed by atoms with Crippen LogP contribution in [0, 0.1) is 0 Å². The highest BCUT2D eigenvalue weighted by Crippen LogP contribution is 2.26. The fraction of sp³-hybridized carbons (Fsp3) is 0.0909. The van der Waals surface area contributed by atoms with E-state index in [4.69, 9.17) is 10.8 Å². The maximum atomic E-state index is 8.93. The third-order valence-corrected chi connectivity index (χ3v) is 2.98. The summed E-state index contributed by atoms with van der Waals surface area (Å²) in [5, 5.41) is 11.0. The minimum Gasteiger partial charge on any atom is -0.399 e. The number of benzene rings is 1. The summed E-state index contributed by atoms with van der Waals surface area (Å²) in [7, 11) is 0. The summed E-state index contributed by atoms with van der Waals surface area (Å²) in [4.78, 5) is 0.983. The Labute approximate surface area is 86.6 Å². The van der Waals surface area contributed by atoms with Gasteiger partial charge >= 0.3 is 0 Å². The molecule has 0 atom stereocenters. The molecule has 2 rings (SSSR count). The van der Waals surface area contributed by atoms with Crippen molar-refractivity contribution in [2.75, 3.05) is 5.73 Å². The second-order valence-corrected chi connectivity index (χ2v) is 4.08. The highest BCUT2D eigenvalue weighted by Gasteiger charge is 2.00. The monoisotopic (exact) mass is 205 g/mol. The SMILES string of the molecule is Nc1ccc(-c2csc(CO)c2)cc1. The largest absolute Gasteiger partial charge is 0.399 e. The van der Waals surface area contributed by atoms with Gasteiger partial charge in [-0.1, -0.05) is 12.1 Å². The fourth-order valence-corrected chi connectivity index (χ4v) is 2.04. The number of hydrogen-bond donors (Lipinski definition) is 2. The van der Waals surface area contributed by atoms with E-state index in [2.05, 4.69) is 0 Å². The van der Waals surface area contributed by atoms with Crippen molar-refractivity contribution < 1.29 is 5.11 Å². The van der Waals surface area contributed by atoms with Crippen molar-refractivity contribution in [2.24, 2.45) is 0 Å². The molecule has 0 bridgehead atoms. The molecule has 0 aliphatic rings. The van der Waals surface area contributed by atoms with Crippen LogP contribution in [-0.4, -0.2) is 5.11 Å². The molecule has 72 valence electrons. The number of hydrogen-bond acceptors (Lipinski definition) is 3. The van der Waals surface area contributed by atoms with E-state index < -0.39 is 0 Å². The van der Waals surface area contributed by atoms with E-state index in [9.17, 15) is 0 Å². The maximum absolute atomic E-state index is 8.93. The molecule has 1 aromatic heterocycles. The summed E-state index contributed by atoms with van der Waals surface area (Å²) < 4.78 is 0. The third kappa shape index (κ3) is 1.78. The number of anilines is 1. The summed E-state index contributed by atoms with van der Waals surface area (Å²) in [6, 6.07) is 9.73. The van der Waals surface area contributed by atoms with Gasteiger partial charge in [-0.05, 0) is 34.7 Å². The van der Waals surface area contributed by atoms with Crippen LogP contribution >= 0.6 is 11.3 Å². The van der Waals surface area contributed by atoms with Crippen LogP contribution in [0.1, 0.15) is 4.88 Å². The Morgan fingerprint density at radius 3 is 2.43 bits per heavy atom. The van der Waals surface area contributed by atoms with Crippen molar-refractivity contribution in [3.8, 4) is 11.1 Å². The lowest BCUT2D eigenvalue weighted by atomic mass is 10.1. The molecule has 3 heteroatoms. The quantitative estimate of drug-likeness (QED) is 0.740. The van der Waals surface area contributed by atoms with Crippen LogP contribution in [0.5, 0.6) is 0 Å². The second-order valence-electron chi connectivity index (χ2n) is 3.08. The lowest BCUT2D eigenvalue weighted by Crippen LogP contribution is -1.82. The van der Waals surface area contributed by atoms with Crippen LogP contribution in [0.3, 0.4) is 0 Å². The topological polar surface area (TPSA) is 46.2 Å². The first-order valence-corrected chi connectivity index (χ1v) is 5.22. The van der Waals surface area contributed by atoms with Crippen LogP contribution in [0.25, 0.3) is 11.1 Å². The van der Waals surface area contributed by atoms with Crippen LogP contribution < -0.4 is 5.73 Å². The zero-order valence-electron chi connectivity index (χ0n) is 7.60. The van der Waals surface area contributed by atoms with Crippen molar-refractivity contribution in [1.29, 1.82) is 0 Å². The van der Waals surface area contributed by atoms with Crippen molar-refractivity contribution in [3.63, 3.8) is 0 Å². The summed E-state index contributed by atoms with van der Waals surface area (Å²) in [5.41, 5.74) is 8.64. The number of nitrogens with two attached hydrogens (primary N) is 1. The van der Waals surface area contributed by atoms with Gasteiger partial charge in [-0.3, -0.25) is 0 Å². The lowest BCUT2D eigenvalue weighted by Gasteiger charge is -1.97. The minimum atomic E-state index is 0.111. The van der Waals surface area contributed by atoms with Gasteiger partial charge in [0.05, 0.1) is 6.61 Å². The van der Waals surface area contributed by atoms with Crippen LogP contribution in [0.15, 0.2) is 35.7 Å². The molecule has 0 amide bonds. The van der Waals surface area contributed by atoms with Crippen LogP contribution in [0.2, 0.25) is 0 Å². The number of nitrogen functional groups attached to an aromatic ring is 1. The summed E-state index contributed by atoms with van der Waals surface area (Å²) in [5.74, 6) is 0. The molecule has 2 aromatic rings. The number of aliphatic hydroxyl groups excluding tert-OH is 1. The standard InChI is InChI=1S/C11H11NOS/c12-10-3-1-8(2-4-10)9-5-11(6-13)14-7-9/h1-5,7,13H,6,12H2. The smallest absolute Gasteiger partial charge is 0.0774 e. The van der Waals surface area contributed by atoms with E-state index in [0.29, 0.717) is 0 Å². The second kappa shape index (κ2) is 3.82. The maximum Gasteiger partial charge on any atom is 0.0774 e. The highest BCUT2D eigenvalue weighted by atomic mass is 32.1. The molecule has 0 unspecified atom stereocenters. The average molecular weight is 205 g/mol. The van der Waals surface area contributed by atoms with Gasteiger partial charge in [0, 0.05) is 10.6 Å². The Morgan fingerprint density at radius 1 is 1.14 bits per heavy atom. The van der Waals surface area contributed by atoms with Gasteiger partial charge in [-0.15, -0.1) is 11.3 Å². The molecule has 0 fully saturated rings. The molecular formula is C11H11NOS. The molecule has 0 aliphatic heterocycles. The first-order valence-electron chi connectivity index (χ1n) is 4.34. The van der Waals surface area contributed by atoms with E-state index >= 15 is 0 Å². The van der Waals surface area contributed by atoms with Crippen LogP contribution in [-0.2, 0) is 6.61 Å². The molecule has 0 radical (unpaired) electrons. The molecule has 0 spiro atoms. The molecule has 2 nitrogen and oxygen atoms in total. The Morgan fingerprint density at radius 2 is 1.86 bits per heavy atom. The molecule has 14 heavy (non-hydrogen) atoms. The first kappa shape index (κ1) is 9.24. The fourth-order valence-electron chi connectivity index (χ4n) is 1.29. The van der Waals surface area contributed by atoms with E-state index in [-0.39, 0.29) is 6.61 Å². The van der Waals surface area contributed by atoms with Gasteiger partial charge in [0.2, 0.25) is 0 Å². The van der Waals surface area contributed by atoms with E-state index in [1.54, 1.807) is 11.3 Å². The number of rotatable bonds is 2. The van der Waals surface area contributed by atoms with Crippen molar-refractivity contribution in [1.82, 2.24) is 0 Å². The molecule has 0 saturated carbocycles. The molecule has 0 aliphatic carbocycles. The molecule has 3 N–H and O–H groups in total. The molecule has 1 aromatic carbocycles. The van der Waals surface area contributed by atoms with E-state index in [0.717, 1.165) is 21.7 Å². The summed E-state index contributed by atoms with van der Waals surface area (Å²) in [6.45, 7) is 0.111. The average Bonchev–Trinajstić information content (AvgIpc) is 2.67.